The van der Waals surface area contributed by atoms with Crippen LogP contribution in [-0.2, 0) is 11.3 Å². The molecule has 1 N–H and O–H groups in total. The molecule has 5 heteroatoms. The first-order valence-corrected chi connectivity index (χ1v) is 8.55. The number of ether oxygens (including phenoxy) is 1. The molecule has 1 aromatic carbocycles. The Labute approximate surface area is 137 Å². The van der Waals surface area contributed by atoms with Crippen LogP contribution >= 0.6 is 0 Å². The van der Waals surface area contributed by atoms with Gasteiger partial charge in [-0.3, -0.25) is 9.69 Å². The fourth-order valence-corrected chi connectivity index (χ4v) is 3.78. The number of phenols is 1. The molecule has 5 nitrogen and oxygen atoms in total. The third kappa shape index (κ3) is 3.61. The highest BCUT2D eigenvalue weighted by atomic mass is 16.5. The van der Waals surface area contributed by atoms with Gasteiger partial charge in [0, 0.05) is 31.2 Å². The van der Waals surface area contributed by atoms with E-state index in [-0.39, 0.29) is 11.7 Å². The van der Waals surface area contributed by atoms with E-state index >= 15 is 0 Å². The molecule has 23 heavy (non-hydrogen) atoms. The van der Waals surface area contributed by atoms with Gasteiger partial charge in [0.1, 0.15) is 11.5 Å². The molecule has 3 rings (SSSR count). The first-order chi connectivity index (χ1) is 11.2. The summed E-state index contributed by atoms with van der Waals surface area (Å²) in [5.74, 6) is 1.12. The molecule has 0 unspecified atom stereocenters. The highest BCUT2D eigenvalue weighted by molar-refractivity contribution is 5.79. The number of amides is 1. The summed E-state index contributed by atoms with van der Waals surface area (Å²) in [6.07, 6.45) is 6.09. The minimum absolute atomic E-state index is 0.220. The van der Waals surface area contributed by atoms with Crippen molar-refractivity contribution in [2.24, 2.45) is 0 Å². The number of piperazine rings is 1. The monoisotopic (exact) mass is 318 g/mol. The Hall–Kier alpha value is -1.75. The summed E-state index contributed by atoms with van der Waals surface area (Å²) in [7, 11) is 1.60. The van der Waals surface area contributed by atoms with Crippen molar-refractivity contribution in [1.29, 1.82) is 0 Å². The molecule has 2 aliphatic rings. The maximum absolute atomic E-state index is 12.5. The maximum Gasteiger partial charge on any atom is 0.237 e. The predicted molar refractivity (Wildman–Crippen MR) is 88.5 cm³/mol. The summed E-state index contributed by atoms with van der Waals surface area (Å²) in [5, 5.41) is 10.1. The van der Waals surface area contributed by atoms with Gasteiger partial charge >= 0.3 is 0 Å². The van der Waals surface area contributed by atoms with Gasteiger partial charge < -0.3 is 14.7 Å². The molecule has 0 bridgehead atoms. The van der Waals surface area contributed by atoms with Gasteiger partial charge in [-0.1, -0.05) is 25.3 Å². The number of nitrogens with zero attached hydrogens (tertiary/aromatic N) is 2. The van der Waals surface area contributed by atoms with Gasteiger partial charge in [0.05, 0.1) is 13.7 Å². The molecule has 1 saturated heterocycles. The third-order valence-electron chi connectivity index (χ3n) is 5.06. The van der Waals surface area contributed by atoms with E-state index in [1.807, 2.05) is 6.07 Å². The van der Waals surface area contributed by atoms with E-state index in [4.69, 9.17) is 4.74 Å². The minimum Gasteiger partial charge on any atom is -0.507 e. The van der Waals surface area contributed by atoms with Gasteiger partial charge in [0.2, 0.25) is 5.91 Å². The minimum atomic E-state index is 0.220. The van der Waals surface area contributed by atoms with Crippen molar-refractivity contribution in [1.82, 2.24) is 9.80 Å². The molecule has 1 heterocycles. The van der Waals surface area contributed by atoms with Gasteiger partial charge in [-0.05, 0) is 25.0 Å². The molecule has 1 aliphatic carbocycles. The number of carbonyl (C=O) groups is 1. The van der Waals surface area contributed by atoms with Gasteiger partial charge in [0.15, 0.2) is 0 Å². The van der Waals surface area contributed by atoms with Crippen LogP contribution in [0.25, 0.3) is 0 Å². The Morgan fingerprint density at radius 2 is 2.00 bits per heavy atom. The highest BCUT2D eigenvalue weighted by Crippen LogP contribution is 2.30. The first kappa shape index (κ1) is 16.1. The summed E-state index contributed by atoms with van der Waals surface area (Å²) in [5.41, 5.74) is 0.758. The lowest BCUT2D eigenvalue weighted by Crippen LogP contribution is -2.54. The van der Waals surface area contributed by atoms with Crippen LogP contribution in [0.1, 0.15) is 37.7 Å². The predicted octanol–water partition coefficient (Wildman–Crippen LogP) is 2.38. The lowest BCUT2D eigenvalue weighted by atomic mass is 9.93. The summed E-state index contributed by atoms with van der Waals surface area (Å²) in [6, 6.07) is 5.72. The van der Waals surface area contributed by atoms with Crippen molar-refractivity contribution >= 4 is 5.91 Å². The number of aromatic hydroxyl groups is 1. The number of hydrogen-bond acceptors (Lipinski definition) is 4. The van der Waals surface area contributed by atoms with E-state index in [1.165, 1.54) is 19.3 Å². The number of phenolic OH excluding ortho intramolecular Hbond substituents is 1. The molecular formula is C18H26N2O3. The largest absolute Gasteiger partial charge is 0.507 e. The van der Waals surface area contributed by atoms with E-state index in [1.54, 1.807) is 19.2 Å². The molecule has 126 valence electrons. The molecule has 1 aromatic rings. The number of carbonyl (C=O) groups excluding carboxylic acids is 1. The molecular weight excluding hydrogens is 292 g/mol. The Balaban J connectivity index is 1.63. The first-order valence-electron chi connectivity index (χ1n) is 8.55. The van der Waals surface area contributed by atoms with Crippen molar-refractivity contribution in [2.45, 2.75) is 44.7 Å². The average molecular weight is 318 g/mol. The summed E-state index contributed by atoms with van der Waals surface area (Å²) in [6.45, 7) is 2.60. The molecule has 1 aliphatic heterocycles. The van der Waals surface area contributed by atoms with E-state index in [9.17, 15) is 9.90 Å². The molecule has 1 saturated carbocycles. The normalized spacial score (nSPS) is 20.7. The molecule has 1 amide bonds. The van der Waals surface area contributed by atoms with Crippen LogP contribution in [0.3, 0.4) is 0 Å². The van der Waals surface area contributed by atoms with E-state index in [2.05, 4.69) is 9.80 Å². The van der Waals surface area contributed by atoms with Crippen molar-refractivity contribution in [3.63, 3.8) is 0 Å². The van der Waals surface area contributed by atoms with Gasteiger partial charge in [-0.2, -0.15) is 0 Å². The van der Waals surface area contributed by atoms with Crippen LogP contribution < -0.4 is 4.74 Å². The van der Waals surface area contributed by atoms with Gasteiger partial charge in [-0.25, -0.2) is 0 Å². The molecule has 0 aromatic heterocycles. The molecule has 0 spiro atoms. The van der Waals surface area contributed by atoms with Crippen molar-refractivity contribution in [3.8, 4) is 11.5 Å². The second-order valence-corrected chi connectivity index (χ2v) is 6.55. The second kappa shape index (κ2) is 7.21. The van der Waals surface area contributed by atoms with Crippen molar-refractivity contribution in [2.75, 3.05) is 26.7 Å². The quantitative estimate of drug-likeness (QED) is 0.926. The smallest absolute Gasteiger partial charge is 0.237 e. The summed E-state index contributed by atoms with van der Waals surface area (Å²) in [4.78, 5) is 16.7. The van der Waals surface area contributed by atoms with Crippen LogP contribution in [0.2, 0.25) is 0 Å². The van der Waals surface area contributed by atoms with Crippen LogP contribution in [0, 0.1) is 0 Å². The van der Waals surface area contributed by atoms with Crippen LogP contribution in [0.5, 0.6) is 11.5 Å². The van der Waals surface area contributed by atoms with Gasteiger partial charge in [0.25, 0.3) is 0 Å². The highest BCUT2D eigenvalue weighted by Gasteiger charge is 2.30. The number of rotatable bonds is 4. The summed E-state index contributed by atoms with van der Waals surface area (Å²) < 4.78 is 5.33. The lowest BCUT2D eigenvalue weighted by Gasteiger charge is -2.40. The van der Waals surface area contributed by atoms with Crippen molar-refractivity contribution < 1.29 is 14.6 Å². The SMILES string of the molecule is COc1cccc(O)c1CN1CCN(C2CCCCC2)C(=O)C1. The molecule has 2 fully saturated rings. The zero-order valence-corrected chi connectivity index (χ0v) is 13.8. The Morgan fingerprint density at radius 3 is 2.70 bits per heavy atom. The molecule has 0 atom stereocenters. The van der Waals surface area contributed by atoms with E-state index in [0.29, 0.717) is 24.9 Å². The van der Waals surface area contributed by atoms with Crippen LogP contribution in [0.4, 0.5) is 0 Å². The number of benzene rings is 1. The molecule has 0 radical (unpaired) electrons. The fourth-order valence-electron chi connectivity index (χ4n) is 3.78. The van der Waals surface area contributed by atoms with Crippen molar-refractivity contribution in [3.05, 3.63) is 23.8 Å². The average Bonchev–Trinajstić information content (AvgIpc) is 2.57. The number of methoxy groups -OCH3 is 1. The topological polar surface area (TPSA) is 53.0 Å². The van der Waals surface area contributed by atoms with E-state index < -0.39 is 0 Å². The zero-order valence-electron chi connectivity index (χ0n) is 13.8. The fraction of sp³-hybridized carbons (Fsp3) is 0.611. The third-order valence-corrected chi connectivity index (χ3v) is 5.06. The number of hydrogen-bond donors (Lipinski definition) is 1. The Kier molecular flexibility index (Phi) is 5.06. The summed E-state index contributed by atoms with van der Waals surface area (Å²) >= 11 is 0. The maximum atomic E-state index is 12.5. The van der Waals surface area contributed by atoms with E-state index in [0.717, 1.165) is 31.5 Å². The van der Waals surface area contributed by atoms with Gasteiger partial charge in [-0.15, -0.1) is 0 Å². The standard InChI is InChI=1S/C18H26N2O3/c1-23-17-9-5-8-16(21)15(17)12-19-10-11-20(18(22)13-19)14-6-3-2-4-7-14/h5,8-9,14,21H,2-4,6-7,10-13H2,1H3. The zero-order chi connectivity index (χ0) is 16.2. The Bertz CT molecular complexity index is 555. The van der Waals surface area contributed by atoms with Crippen LogP contribution in [-0.4, -0.2) is 53.6 Å². The van der Waals surface area contributed by atoms with Crippen LogP contribution in [0.15, 0.2) is 18.2 Å². The Morgan fingerprint density at radius 1 is 1.22 bits per heavy atom. The lowest BCUT2D eigenvalue weighted by molar-refractivity contribution is -0.139. The second-order valence-electron chi connectivity index (χ2n) is 6.55.